The van der Waals surface area contributed by atoms with Gasteiger partial charge in [-0.05, 0) is 48.9 Å². The molecule has 0 aliphatic carbocycles. The Morgan fingerprint density at radius 2 is 1.88 bits per heavy atom. The summed E-state index contributed by atoms with van der Waals surface area (Å²) in [5.41, 5.74) is 3.45. The number of hydrogen-bond donors (Lipinski definition) is 2. The molecule has 2 aromatic carbocycles. The molecule has 0 aliphatic heterocycles. The molecule has 0 saturated carbocycles. The number of halogens is 1. The molecule has 3 aromatic rings. The zero-order chi connectivity index (χ0) is 18.5. The number of methoxy groups -OCH3 is 1. The van der Waals surface area contributed by atoms with Gasteiger partial charge in [0.15, 0.2) is 0 Å². The molecule has 0 bridgehead atoms. The van der Waals surface area contributed by atoms with Crippen LogP contribution in [0.2, 0.25) is 5.02 Å². The third-order valence-electron chi connectivity index (χ3n) is 3.87. The molecule has 1 heterocycles. The average Bonchev–Trinajstić information content (AvgIpc) is 2.66. The van der Waals surface area contributed by atoms with E-state index in [9.17, 15) is 4.79 Å². The molecule has 5 nitrogen and oxygen atoms in total. The number of hydrogen-bond acceptors (Lipinski definition) is 4. The van der Waals surface area contributed by atoms with Crippen molar-refractivity contribution in [1.29, 1.82) is 0 Å². The molecule has 0 saturated heterocycles. The van der Waals surface area contributed by atoms with Gasteiger partial charge in [-0.1, -0.05) is 23.7 Å². The van der Waals surface area contributed by atoms with Crippen LogP contribution in [-0.2, 0) is 0 Å². The van der Waals surface area contributed by atoms with Gasteiger partial charge in [0, 0.05) is 22.5 Å². The summed E-state index contributed by atoms with van der Waals surface area (Å²) >= 11 is 6.08. The number of rotatable bonds is 5. The van der Waals surface area contributed by atoms with E-state index in [0.717, 1.165) is 22.7 Å². The van der Waals surface area contributed by atoms with Crippen molar-refractivity contribution in [3.8, 4) is 5.75 Å². The lowest BCUT2D eigenvalue weighted by Gasteiger charge is -2.10. The van der Waals surface area contributed by atoms with Crippen molar-refractivity contribution in [2.75, 3.05) is 17.7 Å². The third kappa shape index (κ3) is 4.13. The van der Waals surface area contributed by atoms with Crippen LogP contribution in [-0.4, -0.2) is 18.0 Å². The Balaban J connectivity index is 1.70. The van der Waals surface area contributed by atoms with E-state index in [2.05, 4.69) is 15.6 Å². The summed E-state index contributed by atoms with van der Waals surface area (Å²) in [6.45, 7) is 1.85. The average molecular weight is 368 g/mol. The zero-order valence-electron chi connectivity index (χ0n) is 14.4. The zero-order valence-corrected chi connectivity index (χ0v) is 15.2. The van der Waals surface area contributed by atoms with Gasteiger partial charge >= 0.3 is 0 Å². The summed E-state index contributed by atoms with van der Waals surface area (Å²) in [6, 6.07) is 16.4. The number of aromatic nitrogens is 1. The molecule has 0 aliphatic rings. The number of nitrogens with one attached hydrogen (secondary N) is 2. The Morgan fingerprint density at radius 1 is 1.08 bits per heavy atom. The highest BCUT2D eigenvalue weighted by Gasteiger charge is 2.10. The number of ether oxygens (including phenoxy) is 1. The summed E-state index contributed by atoms with van der Waals surface area (Å²) in [4.78, 5) is 16.6. The van der Waals surface area contributed by atoms with Crippen LogP contribution in [0.3, 0.4) is 0 Å². The Kier molecular flexibility index (Phi) is 5.39. The fourth-order valence-corrected chi connectivity index (χ4v) is 2.57. The molecular weight excluding hydrogens is 350 g/mol. The monoisotopic (exact) mass is 367 g/mol. The van der Waals surface area contributed by atoms with Gasteiger partial charge in [0.2, 0.25) is 0 Å². The first-order valence-electron chi connectivity index (χ1n) is 8.00. The first-order valence-corrected chi connectivity index (χ1v) is 8.38. The molecule has 0 fully saturated rings. The fraction of sp³-hybridized carbons (Fsp3) is 0.100. The normalized spacial score (nSPS) is 10.3. The number of carbonyl (C=O) groups is 1. The first-order chi connectivity index (χ1) is 12.6. The Hall–Kier alpha value is -3.05. The maximum atomic E-state index is 12.4. The van der Waals surface area contributed by atoms with Gasteiger partial charge in [-0.15, -0.1) is 0 Å². The fourth-order valence-electron chi connectivity index (χ4n) is 2.40. The van der Waals surface area contributed by atoms with Gasteiger partial charge < -0.3 is 15.4 Å². The van der Waals surface area contributed by atoms with Crippen LogP contribution in [0, 0.1) is 6.92 Å². The minimum Gasteiger partial charge on any atom is -0.497 e. The molecule has 132 valence electrons. The molecule has 2 N–H and O–H groups in total. The smallest absolute Gasteiger partial charge is 0.274 e. The Labute approximate surface area is 157 Å². The van der Waals surface area contributed by atoms with Crippen LogP contribution in [0.5, 0.6) is 5.75 Å². The van der Waals surface area contributed by atoms with E-state index in [1.807, 2.05) is 31.2 Å². The number of nitrogens with zero attached hydrogens (tertiary/aromatic N) is 1. The van der Waals surface area contributed by atoms with Gasteiger partial charge in [0.05, 0.1) is 19.0 Å². The molecule has 1 aromatic heterocycles. The van der Waals surface area contributed by atoms with Crippen molar-refractivity contribution in [3.63, 3.8) is 0 Å². The van der Waals surface area contributed by atoms with Crippen molar-refractivity contribution in [3.05, 3.63) is 77.1 Å². The molecule has 0 radical (unpaired) electrons. The van der Waals surface area contributed by atoms with Gasteiger partial charge in [-0.25, -0.2) is 4.98 Å². The van der Waals surface area contributed by atoms with E-state index in [1.54, 1.807) is 43.6 Å². The van der Waals surface area contributed by atoms with Crippen LogP contribution in [0.15, 0.2) is 60.8 Å². The van der Waals surface area contributed by atoms with Crippen LogP contribution < -0.4 is 15.4 Å². The second-order valence-electron chi connectivity index (χ2n) is 5.66. The maximum absolute atomic E-state index is 12.4. The molecule has 26 heavy (non-hydrogen) atoms. The lowest BCUT2D eigenvalue weighted by Crippen LogP contribution is -2.14. The standard InChI is InChI=1S/C20H18ClN3O2/c1-13-17(21)7-4-8-18(13)24-20(25)19-10-9-15(12-22-19)23-14-5-3-6-16(11-14)26-2/h3-12,23H,1-2H3,(H,24,25). The molecule has 1 amide bonds. The minimum absolute atomic E-state index is 0.289. The van der Waals surface area contributed by atoms with Crippen LogP contribution in [0.1, 0.15) is 16.1 Å². The number of pyridine rings is 1. The van der Waals surface area contributed by atoms with Gasteiger partial charge in [0.1, 0.15) is 11.4 Å². The highest BCUT2D eigenvalue weighted by Crippen LogP contribution is 2.24. The van der Waals surface area contributed by atoms with E-state index >= 15 is 0 Å². The van der Waals surface area contributed by atoms with E-state index in [1.165, 1.54) is 0 Å². The number of benzene rings is 2. The highest BCUT2D eigenvalue weighted by molar-refractivity contribution is 6.31. The topological polar surface area (TPSA) is 63.2 Å². The Bertz CT molecular complexity index is 927. The summed E-state index contributed by atoms with van der Waals surface area (Å²) in [6.07, 6.45) is 1.61. The molecular formula is C20H18ClN3O2. The van der Waals surface area contributed by atoms with Crippen LogP contribution >= 0.6 is 11.6 Å². The van der Waals surface area contributed by atoms with Crippen molar-refractivity contribution >= 4 is 34.6 Å². The van der Waals surface area contributed by atoms with E-state index < -0.39 is 0 Å². The summed E-state index contributed by atoms with van der Waals surface area (Å²) in [5, 5.41) is 6.65. The second-order valence-corrected chi connectivity index (χ2v) is 6.06. The molecule has 6 heteroatoms. The predicted molar refractivity (Wildman–Crippen MR) is 105 cm³/mol. The third-order valence-corrected chi connectivity index (χ3v) is 4.28. The molecule has 3 rings (SSSR count). The molecule has 0 spiro atoms. The minimum atomic E-state index is -0.289. The largest absolute Gasteiger partial charge is 0.497 e. The van der Waals surface area contributed by atoms with Crippen molar-refractivity contribution in [2.45, 2.75) is 6.92 Å². The quantitative estimate of drug-likeness (QED) is 0.662. The van der Waals surface area contributed by atoms with Crippen LogP contribution in [0.4, 0.5) is 17.1 Å². The van der Waals surface area contributed by atoms with E-state index in [-0.39, 0.29) is 5.91 Å². The lowest BCUT2D eigenvalue weighted by atomic mass is 10.2. The van der Waals surface area contributed by atoms with Crippen molar-refractivity contribution in [1.82, 2.24) is 4.98 Å². The van der Waals surface area contributed by atoms with E-state index in [0.29, 0.717) is 16.4 Å². The highest BCUT2D eigenvalue weighted by atomic mass is 35.5. The maximum Gasteiger partial charge on any atom is 0.274 e. The van der Waals surface area contributed by atoms with E-state index in [4.69, 9.17) is 16.3 Å². The summed E-state index contributed by atoms with van der Waals surface area (Å²) in [5.74, 6) is 0.471. The Morgan fingerprint density at radius 3 is 2.62 bits per heavy atom. The summed E-state index contributed by atoms with van der Waals surface area (Å²) in [7, 11) is 1.62. The SMILES string of the molecule is COc1cccc(Nc2ccc(C(=O)Nc3cccc(Cl)c3C)nc2)c1. The predicted octanol–water partition coefficient (Wildman–Crippen LogP) is 5.05. The summed E-state index contributed by atoms with van der Waals surface area (Å²) < 4.78 is 5.20. The van der Waals surface area contributed by atoms with Gasteiger partial charge in [-0.2, -0.15) is 0 Å². The van der Waals surface area contributed by atoms with Crippen LogP contribution in [0.25, 0.3) is 0 Å². The van der Waals surface area contributed by atoms with Crippen molar-refractivity contribution in [2.24, 2.45) is 0 Å². The van der Waals surface area contributed by atoms with Gasteiger partial charge in [-0.3, -0.25) is 4.79 Å². The number of anilines is 3. The molecule has 0 unspecified atom stereocenters. The molecule has 0 atom stereocenters. The first kappa shape index (κ1) is 17.8. The number of carbonyl (C=O) groups excluding carboxylic acids is 1. The van der Waals surface area contributed by atoms with Crippen molar-refractivity contribution < 1.29 is 9.53 Å². The van der Waals surface area contributed by atoms with Gasteiger partial charge in [0.25, 0.3) is 5.91 Å². The lowest BCUT2D eigenvalue weighted by molar-refractivity contribution is 0.102. The number of amides is 1. The second kappa shape index (κ2) is 7.89.